The van der Waals surface area contributed by atoms with Crippen LogP contribution < -0.4 is 26.7 Å². The normalized spacial score (nSPS) is 9.38. The van der Waals surface area contributed by atoms with Crippen LogP contribution in [0.1, 0.15) is 13.8 Å². The number of rotatable bonds is 7. The number of amides is 2. The predicted octanol–water partition coefficient (Wildman–Crippen LogP) is -3.74. The highest BCUT2D eigenvalue weighted by molar-refractivity contribution is 8.13. The summed E-state index contributed by atoms with van der Waals surface area (Å²) in [4.78, 5) is 30.2. The van der Waals surface area contributed by atoms with E-state index in [1.54, 1.807) is 0 Å². The van der Waals surface area contributed by atoms with Crippen LogP contribution in [0.2, 0.25) is 0 Å². The molecule has 0 aliphatic rings. The molecule has 1 atom stereocenters. The highest BCUT2D eigenvalue weighted by Crippen LogP contribution is 2.06. The summed E-state index contributed by atoms with van der Waals surface area (Å²) < 4.78 is 13.9. The van der Waals surface area contributed by atoms with Gasteiger partial charge in [-0.25, -0.2) is 0 Å². The first kappa shape index (κ1) is 24.7. The van der Waals surface area contributed by atoms with Crippen LogP contribution in [0.5, 0.6) is 0 Å². The maximum Gasteiger partial charge on any atom is 0.488 e. The number of nitrogens with one attached hydrogen (secondary N) is 2. The molecule has 0 rings (SSSR count). The second-order valence-electron chi connectivity index (χ2n) is 3.27. The molecule has 21 heavy (non-hydrogen) atoms. The van der Waals surface area contributed by atoms with Crippen LogP contribution in [0.25, 0.3) is 0 Å². The maximum atomic E-state index is 10.3. The fraction of sp³-hybridized carbons (Fsp3) is 0.667. The SMILES string of the molecule is CC(=O)NCCO[P+](=O)[O-].CC(=O)NCCSC(N)=[NH2+].O. The van der Waals surface area contributed by atoms with Gasteiger partial charge in [0.25, 0.3) is 5.17 Å². The average molecular weight is 345 g/mol. The molecule has 0 saturated heterocycles. The van der Waals surface area contributed by atoms with Gasteiger partial charge in [0.2, 0.25) is 11.8 Å². The molecule has 0 aromatic heterocycles. The topological polar surface area (TPSA) is 191 Å². The van der Waals surface area contributed by atoms with Crippen LogP contribution in [0.4, 0.5) is 0 Å². The lowest BCUT2D eigenvalue weighted by Gasteiger charge is -1.96. The summed E-state index contributed by atoms with van der Waals surface area (Å²) in [5, 5.41) is 10.5. The van der Waals surface area contributed by atoms with Crippen LogP contribution in [0.3, 0.4) is 0 Å². The molecule has 0 aromatic carbocycles. The average Bonchev–Trinajstić information content (AvgIpc) is 2.30. The minimum atomic E-state index is -2.78. The van der Waals surface area contributed by atoms with E-state index < -0.39 is 8.25 Å². The van der Waals surface area contributed by atoms with Gasteiger partial charge in [-0.3, -0.25) is 20.7 Å². The van der Waals surface area contributed by atoms with Gasteiger partial charge in [-0.05, 0) is 16.3 Å². The third-order valence-electron chi connectivity index (χ3n) is 1.42. The van der Waals surface area contributed by atoms with Gasteiger partial charge in [0, 0.05) is 32.7 Å². The molecular formula is C9H22N4O6PS+. The van der Waals surface area contributed by atoms with E-state index >= 15 is 0 Å². The van der Waals surface area contributed by atoms with Gasteiger partial charge in [0.1, 0.15) is 6.61 Å². The molecule has 0 spiro atoms. The molecule has 0 bridgehead atoms. The van der Waals surface area contributed by atoms with Gasteiger partial charge < -0.3 is 21.0 Å². The lowest BCUT2D eigenvalue weighted by molar-refractivity contribution is -0.185. The van der Waals surface area contributed by atoms with Crippen LogP contribution in [-0.4, -0.2) is 47.9 Å². The van der Waals surface area contributed by atoms with E-state index in [4.69, 9.17) is 11.1 Å². The van der Waals surface area contributed by atoms with E-state index in [-0.39, 0.29) is 30.4 Å². The monoisotopic (exact) mass is 345 g/mol. The van der Waals surface area contributed by atoms with Gasteiger partial charge in [-0.2, -0.15) is 0 Å². The van der Waals surface area contributed by atoms with Crippen molar-refractivity contribution in [2.45, 2.75) is 13.8 Å². The summed E-state index contributed by atoms with van der Waals surface area (Å²) in [6.45, 7) is 3.65. The van der Waals surface area contributed by atoms with Gasteiger partial charge in [-0.1, -0.05) is 0 Å². The molecule has 0 radical (unpaired) electrons. The smallest absolute Gasteiger partial charge is 0.488 e. The van der Waals surface area contributed by atoms with Gasteiger partial charge in [0.05, 0.1) is 0 Å². The standard InChI is InChI=1S/C5H11N3OS.C4H8NO4P.H2O/c1-4(9)8-2-3-10-5(6)7;1-4(6)5-2-3-9-10(7)8;/h2-3H2,1H3,(H3,6,7)(H,8,9);2-3H2,1H3,(H,5,6);1H2/p+1. The summed E-state index contributed by atoms with van der Waals surface area (Å²) in [7, 11) is -2.78. The Hall–Kier alpha value is -1.26. The number of nitrogens with two attached hydrogens (primary N) is 2. The molecule has 1 unspecified atom stereocenters. The summed E-state index contributed by atoms with van der Waals surface area (Å²) in [5.74, 6) is 0.489. The van der Waals surface area contributed by atoms with Crippen molar-refractivity contribution in [3.8, 4) is 0 Å². The van der Waals surface area contributed by atoms with E-state index in [9.17, 15) is 19.0 Å². The Labute approximate surface area is 128 Å². The number of hydrogen-bond acceptors (Lipinski definition) is 6. The van der Waals surface area contributed by atoms with Gasteiger partial charge in [-0.15, -0.1) is 4.52 Å². The summed E-state index contributed by atoms with van der Waals surface area (Å²) in [5.41, 5.74) is 5.15. The summed E-state index contributed by atoms with van der Waals surface area (Å²) >= 11 is 1.33. The van der Waals surface area contributed by atoms with Crippen molar-refractivity contribution < 1.29 is 34.5 Å². The van der Waals surface area contributed by atoms with Crippen LogP contribution >= 0.6 is 20.0 Å². The molecule has 10 nitrogen and oxygen atoms in total. The molecule has 8 N–H and O–H groups in total. The minimum Gasteiger partial charge on any atom is -0.566 e. The molecule has 12 heteroatoms. The highest BCUT2D eigenvalue weighted by atomic mass is 32.2. The van der Waals surface area contributed by atoms with Gasteiger partial charge in [0.15, 0.2) is 0 Å². The van der Waals surface area contributed by atoms with Crippen LogP contribution in [0.15, 0.2) is 0 Å². The Balaban J connectivity index is -0.000000295. The number of carbonyl (C=O) groups is 2. The fourth-order valence-corrected chi connectivity index (χ4v) is 1.42. The summed E-state index contributed by atoms with van der Waals surface area (Å²) in [6.07, 6.45) is 0. The third-order valence-corrected chi connectivity index (χ3v) is 2.55. The quantitative estimate of drug-likeness (QED) is 0.158. The van der Waals surface area contributed by atoms with Crippen molar-refractivity contribution in [3.05, 3.63) is 0 Å². The Morgan fingerprint density at radius 1 is 1.29 bits per heavy atom. The number of amidine groups is 1. The molecule has 0 aromatic rings. The second kappa shape index (κ2) is 16.8. The minimum absolute atomic E-state index is 0. The molecular weight excluding hydrogens is 323 g/mol. The van der Waals surface area contributed by atoms with E-state index in [0.717, 1.165) is 5.75 Å². The fourth-order valence-electron chi connectivity index (χ4n) is 0.743. The Morgan fingerprint density at radius 2 is 1.76 bits per heavy atom. The van der Waals surface area contributed by atoms with E-state index in [1.807, 2.05) is 0 Å². The number of hydrogen-bond donors (Lipinski definition) is 4. The first-order valence-electron chi connectivity index (χ1n) is 5.52. The van der Waals surface area contributed by atoms with E-state index in [2.05, 4.69) is 15.2 Å². The van der Waals surface area contributed by atoms with E-state index in [1.165, 1.54) is 25.6 Å². The molecule has 0 saturated carbocycles. The van der Waals surface area contributed by atoms with Crippen molar-refractivity contribution >= 4 is 37.0 Å². The van der Waals surface area contributed by atoms with Crippen LogP contribution in [-0.2, 0) is 18.7 Å². The first-order chi connectivity index (χ1) is 9.25. The Kier molecular flexibility index (Phi) is 19.8. The maximum absolute atomic E-state index is 10.3. The van der Waals surface area contributed by atoms with E-state index in [0.29, 0.717) is 11.7 Å². The van der Waals surface area contributed by atoms with Gasteiger partial charge >= 0.3 is 8.25 Å². The van der Waals surface area contributed by atoms with Crippen molar-refractivity contribution in [1.29, 1.82) is 0 Å². The second-order valence-corrected chi connectivity index (χ2v) is 5.15. The van der Waals surface area contributed by atoms with Crippen molar-refractivity contribution in [1.82, 2.24) is 10.6 Å². The lowest BCUT2D eigenvalue weighted by Crippen LogP contribution is -2.43. The molecule has 0 aliphatic heterocycles. The number of thioether (sulfide) groups is 1. The molecule has 2 amide bonds. The zero-order chi connectivity index (χ0) is 16.0. The molecule has 0 aliphatic carbocycles. The van der Waals surface area contributed by atoms with Crippen molar-refractivity contribution in [2.24, 2.45) is 5.73 Å². The molecule has 124 valence electrons. The Morgan fingerprint density at radius 3 is 2.14 bits per heavy atom. The Bertz CT molecular complexity index is 280. The predicted molar refractivity (Wildman–Crippen MR) is 78.1 cm³/mol. The molecule has 0 fully saturated rings. The van der Waals surface area contributed by atoms with Crippen molar-refractivity contribution in [3.63, 3.8) is 0 Å². The largest absolute Gasteiger partial charge is 0.566 e. The third kappa shape index (κ3) is 32.4. The zero-order valence-corrected chi connectivity index (χ0v) is 13.6. The highest BCUT2D eigenvalue weighted by Gasteiger charge is 1.99. The lowest BCUT2D eigenvalue weighted by atomic mass is 10.6. The first-order valence-corrected chi connectivity index (χ1v) is 7.60. The van der Waals surface area contributed by atoms with Crippen molar-refractivity contribution in [2.75, 3.05) is 25.4 Å². The summed E-state index contributed by atoms with van der Waals surface area (Å²) in [6, 6.07) is 0. The van der Waals surface area contributed by atoms with Crippen LogP contribution in [0, 0.1) is 0 Å². The number of carbonyl (C=O) groups excluding carboxylic acids is 2. The molecule has 0 heterocycles. The zero-order valence-electron chi connectivity index (χ0n) is 11.9.